The van der Waals surface area contributed by atoms with E-state index < -0.39 is 0 Å². The largest absolute Gasteiger partial charge is 0.287 e. The molecular formula is C10H8IN5O. The van der Waals surface area contributed by atoms with Gasteiger partial charge in [0.2, 0.25) is 5.78 Å². The number of nitrogens with zero attached hydrogens (tertiary/aromatic N) is 5. The molecule has 0 N–H and O–H groups in total. The van der Waals surface area contributed by atoms with E-state index in [-0.39, 0.29) is 11.5 Å². The monoisotopic (exact) mass is 341 g/mol. The van der Waals surface area contributed by atoms with Crippen molar-refractivity contribution in [3.05, 3.63) is 32.9 Å². The molecule has 0 aliphatic carbocycles. The van der Waals surface area contributed by atoms with Crippen molar-refractivity contribution in [3.8, 4) is 6.07 Å². The molecule has 2 rings (SSSR count). The molecule has 0 atom stereocenters. The fourth-order valence-electron chi connectivity index (χ4n) is 1.43. The van der Waals surface area contributed by atoms with Crippen molar-refractivity contribution in [1.82, 2.24) is 19.6 Å². The van der Waals surface area contributed by atoms with Crippen LogP contribution in [0.5, 0.6) is 0 Å². The summed E-state index contributed by atoms with van der Waals surface area (Å²) in [6.45, 7) is 0. The van der Waals surface area contributed by atoms with E-state index in [1.165, 1.54) is 10.7 Å². The highest BCUT2D eigenvalue weighted by Gasteiger charge is 2.19. The Labute approximate surface area is 111 Å². The molecule has 17 heavy (non-hydrogen) atoms. The highest BCUT2D eigenvalue weighted by molar-refractivity contribution is 14.1. The zero-order chi connectivity index (χ0) is 12.6. The van der Waals surface area contributed by atoms with Crippen LogP contribution < -0.4 is 0 Å². The van der Waals surface area contributed by atoms with Gasteiger partial charge in [-0.2, -0.15) is 15.5 Å². The molecule has 0 unspecified atom stereocenters. The van der Waals surface area contributed by atoms with Gasteiger partial charge in [-0.1, -0.05) is 0 Å². The first-order chi connectivity index (χ1) is 8.02. The van der Waals surface area contributed by atoms with Crippen LogP contribution in [0.2, 0.25) is 0 Å². The Balaban J connectivity index is 2.44. The van der Waals surface area contributed by atoms with E-state index in [1.807, 2.05) is 28.7 Å². The van der Waals surface area contributed by atoms with Crippen molar-refractivity contribution in [3.63, 3.8) is 0 Å². The number of hydrogen-bond donors (Lipinski definition) is 0. The normalized spacial score (nSPS) is 10.2. The molecule has 7 heteroatoms. The van der Waals surface area contributed by atoms with Crippen LogP contribution in [0, 0.1) is 15.0 Å². The highest BCUT2D eigenvalue weighted by atomic mass is 127. The second-order valence-corrected chi connectivity index (χ2v) is 4.51. The molecule has 0 bridgehead atoms. The van der Waals surface area contributed by atoms with E-state index in [2.05, 4.69) is 10.2 Å². The minimum Gasteiger partial charge on any atom is -0.287 e. The van der Waals surface area contributed by atoms with Gasteiger partial charge in [-0.15, -0.1) is 0 Å². The van der Waals surface area contributed by atoms with E-state index in [1.54, 1.807) is 25.0 Å². The lowest BCUT2D eigenvalue weighted by atomic mass is 10.2. The number of aromatic nitrogens is 4. The van der Waals surface area contributed by atoms with Crippen molar-refractivity contribution in [2.45, 2.75) is 0 Å². The molecule has 2 aromatic rings. The van der Waals surface area contributed by atoms with E-state index >= 15 is 0 Å². The summed E-state index contributed by atoms with van der Waals surface area (Å²) in [5.74, 6) is -0.223. The fraction of sp³-hybridized carbons (Fsp3) is 0.200. The number of ketones is 1. The number of aryl methyl sites for hydroxylation is 2. The average molecular weight is 341 g/mol. The molecule has 6 nitrogen and oxygen atoms in total. The van der Waals surface area contributed by atoms with Crippen molar-refractivity contribution in [2.75, 3.05) is 0 Å². The Morgan fingerprint density at radius 2 is 2.18 bits per heavy atom. The predicted molar refractivity (Wildman–Crippen MR) is 67.3 cm³/mol. The zero-order valence-electron chi connectivity index (χ0n) is 9.18. The lowest BCUT2D eigenvalue weighted by Crippen LogP contribution is -2.04. The molecule has 2 heterocycles. The van der Waals surface area contributed by atoms with Crippen molar-refractivity contribution < 1.29 is 4.79 Å². The third-order valence-electron chi connectivity index (χ3n) is 2.26. The van der Waals surface area contributed by atoms with Gasteiger partial charge in [-0.3, -0.25) is 14.2 Å². The van der Waals surface area contributed by atoms with Crippen LogP contribution in [-0.4, -0.2) is 25.3 Å². The Bertz CT molecular complexity index is 634. The molecule has 86 valence electrons. The van der Waals surface area contributed by atoms with Gasteiger partial charge in [-0.25, -0.2) is 0 Å². The Hall–Kier alpha value is -1.69. The lowest BCUT2D eigenvalue weighted by molar-refractivity contribution is 0.103. The summed E-state index contributed by atoms with van der Waals surface area (Å²) < 4.78 is 3.58. The summed E-state index contributed by atoms with van der Waals surface area (Å²) in [4.78, 5) is 12.1. The molecule has 0 saturated carbocycles. The quantitative estimate of drug-likeness (QED) is 0.600. The maximum absolute atomic E-state index is 12.1. The van der Waals surface area contributed by atoms with Gasteiger partial charge >= 0.3 is 0 Å². The molecule has 0 spiro atoms. The highest BCUT2D eigenvalue weighted by Crippen LogP contribution is 2.14. The summed E-state index contributed by atoms with van der Waals surface area (Å²) in [6.07, 6.45) is 1.64. The third-order valence-corrected chi connectivity index (χ3v) is 3.05. The van der Waals surface area contributed by atoms with Gasteiger partial charge in [-0.05, 0) is 22.6 Å². The van der Waals surface area contributed by atoms with E-state index in [0.29, 0.717) is 15.0 Å². The first-order valence-electron chi connectivity index (χ1n) is 4.71. The fourth-order valence-corrected chi connectivity index (χ4v) is 2.16. The van der Waals surface area contributed by atoms with E-state index in [4.69, 9.17) is 5.26 Å². The van der Waals surface area contributed by atoms with Gasteiger partial charge in [0.1, 0.15) is 21.2 Å². The second-order valence-electron chi connectivity index (χ2n) is 3.49. The van der Waals surface area contributed by atoms with Crippen molar-refractivity contribution in [2.24, 2.45) is 14.1 Å². The number of rotatable bonds is 2. The summed E-state index contributed by atoms with van der Waals surface area (Å²) in [5.41, 5.74) is 1.11. The molecule has 0 amide bonds. The lowest BCUT2D eigenvalue weighted by Gasteiger charge is -1.92. The first kappa shape index (κ1) is 11.8. The van der Waals surface area contributed by atoms with Crippen molar-refractivity contribution in [1.29, 1.82) is 5.26 Å². The smallest absolute Gasteiger partial charge is 0.217 e. The van der Waals surface area contributed by atoms with E-state index in [0.717, 1.165) is 0 Å². The van der Waals surface area contributed by atoms with Crippen LogP contribution in [0.1, 0.15) is 21.7 Å². The average Bonchev–Trinajstić information content (AvgIpc) is 2.80. The molecular weight excluding hydrogens is 333 g/mol. The van der Waals surface area contributed by atoms with Crippen molar-refractivity contribution >= 4 is 28.4 Å². The van der Waals surface area contributed by atoms with Gasteiger partial charge in [0, 0.05) is 26.4 Å². The molecule has 0 radical (unpaired) electrons. The third kappa shape index (κ3) is 2.08. The molecule has 2 aromatic heterocycles. The van der Waals surface area contributed by atoms with Gasteiger partial charge in [0.05, 0.1) is 5.56 Å². The van der Waals surface area contributed by atoms with Crippen LogP contribution in [0.15, 0.2) is 12.3 Å². The van der Waals surface area contributed by atoms with Crippen LogP contribution in [0.3, 0.4) is 0 Å². The van der Waals surface area contributed by atoms with Crippen LogP contribution in [0.25, 0.3) is 0 Å². The summed E-state index contributed by atoms with van der Waals surface area (Å²) in [6, 6.07) is 3.44. The van der Waals surface area contributed by atoms with Gasteiger partial charge in [0.25, 0.3) is 0 Å². The Kier molecular flexibility index (Phi) is 2.97. The minimum absolute atomic E-state index is 0.223. The zero-order valence-corrected chi connectivity index (χ0v) is 11.3. The maximum atomic E-state index is 12.1. The first-order valence-corrected chi connectivity index (χ1v) is 5.78. The summed E-state index contributed by atoms with van der Waals surface area (Å²) in [5, 5.41) is 16.9. The number of nitriles is 1. The minimum atomic E-state index is -0.223. The Morgan fingerprint density at radius 1 is 1.47 bits per heavy atom. The Morgan fingerprint density at radius 3 is 2.65 bits per heavy atom. The molecule has 0 fully saturated rings. The summed E-state index contributed by atoms with van der Waals surface area (Å²) >= 11 is 2.00. The number of hydrogen-bond acceptors (Lipinski definition) is 4. The SMILES string of the molecule is Cn1cc(C(=O)c2cc(C#N)n(C)n2)c(I)n1. The molecule has 0 aliphatic heterocycles. The topological polar surface area (TPSA) is 76.5 Å². The van der Waals surface area contributed by atoms with Crippen LogP contribution >= 0.6 is 22.6 Å². The number of carbonyl (C=O) groups excluding carboxylic acids is 1. The van der Waals surface area contributed by atoms with Crippen LogP contribution in [0.4, 0.5) is 0 Å². The van der Waals surface area contributed by atoms with Gasteiger partial charge < -0.3 is 0 Å². The molecule has 0 aliphatic rings. The van der Waals surface area contributed by atoms with Gasteiger partial charge in [0.15, 0.2) is 0 Å². The molecule has 0 aromatic carbocycles. The number of halogens is 1. The van der Waals surface area contributed by atoms with E-state index in [9.17, 15) is 4.79 Å². The standard InChI is InChI=1S/C10H8IN5O/c1-15-5-7(10(11)14-15)9(17)8-3-6(4-12)16(2)13-8/h3,5H,1-2H3. The maximum Gasteiger partial charge on any atom is 0.217 e. The number of carbonyl (C=O) groups is 1. The molecule has 0 saturated heterocycles. The van der Waals surface area contributed by atoms with Crippen LogP contribution in [-0.2, 0) is 14.1 Å². The second kappa shape index (κ2) is 4.29. The predicted octanol–water partition coefficient (Wildman–Crippen LogP) is 0.861. The summed E-state index contributed by atoms with van der Waals surface area (Å²) in [7, 11) is 3.38.